The number of para-hydroxylation sites is 1. The van der Waals surface area contributed by atoms with Crippen LogP contribution in [0.2, 0.25) is 0 Å². The molecule has 0 spiro atoms. The van der Waals surface area contributed by atoms with Crippen LogP contribution in [-0.2, 0) is 9.59 Å². The fraction of sp³-hybridized carbons (Fsp3) is 0.0588. The number of amides is 1. The summed E-state index contributed by atoms with van der Waals surface area (Å²) in [7, 11) is 0. The van der Waals surface area contributed by atoms with Crippen LogP contribution >= 0.6 is 0 Å². The Bertz CT molecular complexity index is 730. The summed E-state index contributed by atoms with van der Waals surface area (Å²) >= 11 is 0. The van der Waals surface area contributed by atoms with E-state index in [1.54, 1.807) is 0 Å². The van der Waals surface area contributed by atoms with Crippen molar-refractivity contribution < 1.29 is 9.59 Å². The third-order valence-corrected chi connectivity index (χ3v) is 3.34. The van der Waals surface area contributed by atoms with Gasteiger partial charge < -0.3 is 5.32 Å². The number of ketones is 1. The van der Waals surface area contributed by atoms with Crippen molar-refractivity contribution in [1.29, 1.82) is 0 Å². The average Bonchev–Trinajstić information content (AvgIpc) is 2.77. The van der Waals surface area contributed by atoms with E-state index < -0.39 is 0 Å². The molecule has 0 atom stereocenters. The first-order valence-corrected chi connectivity index (χ1v) is 6.40. The molecule has 0 aromatic heterocycles. The molecule has 1 aliphatic rings. The quantitative estimate of drug-likeness (QED) is 0.846. The summed E-state index contributed by atoms with van der Waals surface area (Å²) in [6.07, 6.45) is 0. The summed E-state index contributed by atoms with van der Waals surface area (Å²) in [6.45, 7) is 1.49. The Labute approximate surface area is 116 Å². The number of carbonyl (C=O) groups excluding carboxylic acids is 2. The highest BCUT2D eigenvalue weighted by Gasteiger charge is 2.29. The lowest BCUT2D eigenvalue weighted by molar-refractivity contribution is -0.113. The molecule has 0 bridgehead atoms. The second-order valence-electron chi connectivity index (χ2n) is 4.67. The first kappa shape index (κ1) is 12.4. The number of allylic oxidation sites excluding steroid dienone is 1. The summed E-state index contributed by atoms with van der Waals surface area (Å²) in [5, 5.41) is 2.80. The van der Waals surface area contributed by atoms with Crippen LogP contribution in [0.5, 0.6) is 0 Å². The zero-order valence-electron chi connectivity index (χ0n) is 11.0. The van der Waals surface area contributed by atoms with Crippen LogP contribution in [0, 0.1) is 0 Å². The molecule has 98 valence electrons. The molecule has 3 rings (SSSR count). The number of fused-ring (bicyclic) bond motifs is 1. The summed E-state index contributed by atoms with van der Waals surface area (Å²) in [5.41, 5.74) is 3.22. The average molecular weight is 263 g/mol. The van der Waals surface area contributed by atoms with Gasteiger partial charge in [0.2, 0.25) is 0 Å². The molecule has 0 unspecified atom stereocenters. The third-order valence-electron chi connectivity index (χ3n) is 3.34. The first-order chi connectivity index (χ1) is 9.68. The first-order valence-electron chi connectivity index (χ1n) is 6.40. The summed E-state index contributed by atoms with van der Waals surface area (Å²) in [4.78, 5) is 24.3. The van der Waals surface area contributed by atoms with Crippen LogP contribution in [0.3, 0.4) is 0 Å². The van der Waals surface area contributed by atoms with Gasteiger partial charge in [-0.1, -0.05) is 48.5 Å². The molecule has 1 aliphatic heterocycles. The lowest BCUT2D eigenvalue weighted by Gasteiger charge is -2.08. The van der Waals surface area contributed by atoms with Crippen molar-refractivity contribution in [2.45, 2.75) is 6.92 Å². The SMILES string of the molecule is CC(=O)/C(=C1\C(=O)Nc2ccccc21)c1ccccc1. The Morgan fingerprint density at radius 2 is 1.60 bits per heavy atom. The molecular formula is C17H13NO2. The Hall–Kier alpha value is -2.68. The molecule has 0 saturated carbocycles. The number of carbonyl (C=O) groups is 2. The number of rotatable bonds is 2. The van der Waals surface area contributed by atoms with E-state index in [0.29, 0.717) is 11.1 Å². The molecule has 1 heterocycles. The minimum atomic E-state index is -0.222. The van der Waals surface area contributed by atoms with Gasteiger partial charge in [-0.05, 0) is 18.6 Å². The van der Waals surface area contributed by atoms with E-state index in [-0.39, 0.29) is 11.7 Å². The molecule has 3 heteroatoms. The minimum absolute atomic E-state index is 0.113. The van der Waals surface area contributed by atoms with Crippen molar-refractivity contribution in [3.05, 3.63) is 65.7 Å². The Morgan fingerprint density at radius 3 is 2.30 bits per heavy atom. The number of hydrogen-bond donors (Lipinski definition) is 1. The van der Waals surface area contributed by atoms with Crippen molar-refractivity contribution in [1.82, 2.24) is 0 Å². The number of benzene rings is 2. The van der Waals surface area contributed by atoms with Gasteiger partial charge in [0.05, 0.1) is 5.57 Å². The van der Waals surface area contributed by atoms with Crippen LogP contribution in [-0.4, -0.2) is 11.7 Å². The zero-order valence-corrected chi connectivity index (χ0v) is 11.0. The van der Waals surface area contributed by atoms with E-state index in [0.717, 1.165) is 16.8 Å². The maximum atomic E-state index is 12.2. The van der Waals surface area contributed by atoms with Gasteiger partial charge >= 0.3 is 0 Å². The molecule has 0 saturated heterocycles. The molecule has 2 aromatic rings. The van der Waals surface area contributed by atoms with Gasteiger partial charge in [-0.15, -0.1) is 0 Å². The summed E-state index contributed by atoms with van der Waals surface area (Å²) in [5.74, 6) is -0.335. The smallest absolute Gasteiger partial charge is 0.257 e. The zero-order chi connectivity index (χ0) is 14.1. The highest BCUT2D eigenvalue weighted by molar-refractivity contribution is 6.45. The van der Waals surface area contributed by atoms with E-state index in [4.69, 9.17) is 0 Å². The molecule has 20 heavy (non-hydrogen) atoms. The lowest BCUT2D eigenvalue weighted by atomic mass is 9.93. The summed E-state index contributed by atoms with van der Waals surface area (Å²) in [6, 6.07) is 16.7. The topological polar surface area (TPSA) is 46.2 Å². The second kappa shape index (κ2) is 4.78. The molecule has 2 aromatic carbocycles. The van der Waals surface area contributed by atoms with Crippen LogP contribution in [0.1, 0.15) is 18.1 Å². The maximum absolute atomic E-state index is 12.2. The van der Waals surface area contributed by atoms with Gasteiger partial charge in [-0.3, -0.25) is 9.59 Å². The van der Waals surface area contributed by atoms with E-state index in [9.17, 15) is 9.59 Å². The van der Waals surface area contributed by atoms with Gasteiger partial charge in [0.25, 0.3) is 5.91 Å². The van der Waals surface area contributed by atoms with Crippen LogP contribution in [0.25, 0.3) is 11.1 Å². The van der Waals surface area contributed by atoms with Crippen LogP contribution in [0.4, 0.5) is 5.69 Å². The van der Waals surface area contributed by atoms with Crippen LogP contribution < -0.4 is 5.32 Å². The van der Waals surface area contributed by atoms with Crippen molar-refractivity contribution in [2.75, 3.05) is 5.32 Å². The number of Topliss-reactive ketones (excluding diaryl/α,β-unsaturated/α-hetero) is 1. The van der Waals surface area contributed by atoms with Gasteiger partial charge in [-0.25, -0.2) is 0 Å². The largest absolute Gasteiger partial charge is 0.321 e. The Morgan fingerprint density at radius 1 is 0.950 bits per heavy atom. The standard InChI is InChI=1S/C17H13NO2/c1-11(19)15(12-7-3-2-4-8-12)16-13-9-5-6-10-14(13)18-17(16)20/h2-10H,1H3,(H,18,20)/b16-15+. The molecule has 3 nitrogen and oxygen atoms in total. The third kappa shape index (κ3) is 1.93. The van der Waals surface area contributed by atoms with E-state index in [1.165, 1.54) is 6.92 Å². The molecular weight excluding hydrogens is 250 g/mol. The fourth-order valence-corrected chi connectivity index (χ4v) is 2.49. The number of anilines is 1. The normalized spacial score (nSPS) is 15.6. The number of hydrogen-bond acceptors (Lipinski definition) is 2. The Kier molecular flexibility index (Phi) is 2.95. The molecule has 0 aliphatic carbocycles. The van der Waals surface area contributed by atoms with Gasteiger partial charge in [0.1, 0.15) is 0 Å². The molecule has 1 N–H and O–H groups in total. The van der Waals surface area contributed by atoms with E-state index >= 15 is 0 Å². The van der Waals surface area contributed by atoms with Crippen molar-refractivity contribution in [2.24, 2.45) is 0 Å². The molecule has 0 fully saturated rings. The highest BCUT2D eigenvalue weighted by Crippen LogP contribution is 2.37. The van der Waals surface area contributed by atoms with Gasteiger partial charge in [0, 0.05) is 16.8 Å². The van der Waals surface area contributed by atoms with Crippen molar-refractivity contribution >= 4 is 28.5 Å². The van der Waals surface area contributed by atoms with Crippen LogP contribution in [0.15, 0.2) is 54.6 Å². The highest BCUT2D eigenvalue weighted by atomic mass is 16.2. The number of nitrogens with one attached hydrogen (secondary N) is 1. The molecule has 1 amide bonds. The monoisotopic (exact) mass is 263 g/mol. The van der Waals surface area contributed by atoms with E-state index in [1.807, 2.05) is 54.6 Å². The lowest BCUT2D eigenvalue weighted by Crippen LogP contribution is -2.09. The van der Waals surface area contributed by atoms with Gasteiger partial charge in [0.15, 0.2) is 5.78 Å². The van der Waals surface area contributed by atoms with Gasteiger partial charge in [-0.2, -0.15) is 0 Å². The fourth-order valence-electron chi connectivity index (χ4n) is 2.49. The minimum Gasteiger partial charge on any atom is -0.321 e. The van der Waals surface area contributed by atoms with E-state index in [2.05, 4.69) is 5.32 Å². The molecule has 0 radical (unpaired) electrons. The van der Waals surface area contributed by atoms with Crippen molar-refractivity contribution in [3.63, 3.8) is 0 Å². The van der Waals surface area contributed by atoms with Crippen molar-refractivity contribution in [3.8, 4) is 0 Å². The predicted octanol–water partition coefficient (Wildman–Crippen LogP) is 3.14. The maximum Gasteiger partial charge on any atom is 0.257 e. The summed E-state index contributed by atoms with van der Waals surface area (Å²) < 4.78 is 0. The second-order valence-corrected chi connectivity index (χ2v) is 4.67. The Balaban J connectivity index is 2.30. The predicted molar refractivity (Wildman–Crippen MR) is 79.0 cm³/mol.